The third-order valence-corrected chi connectivity index (χ3v) is 3.26. The number of aliphatic imine (C=N–C) groups is 2. The van der Waals surface area contributed by atoms with E-state index >= 15 is 0 Å². The van der Waals surface area contributed by atoms with Crippen LogP contribution in [-0.2, 0) is 6.54 Å². The monoisotopic (exact) mass is 379 g/mol. The Hall–Kier alpha value is -2.10. The van der Waals surface area contributed by atoms with Crippen LogP contribution in [0, 0.1) is 10.1 Å². The number of amidine groups is 1. The fourth-order valence-electron chi connectivity index (χ4n) is 1.72. The van der Waals surface area contributed by atoms with E-state index in [0.717, 1.165) is 11.1 Å². The summed E-state index contributed by atoms with van der Waals surface area (Å²) in [5.74, 6) is 0.508. The van der Waals surface area contributed by atoms with Gasteiger partial charge in [0.1, 0.15) is 0 Å². The number of nitro benzene ring substituents is 1. The molecule has 0 N–H and O–H groups in total. The molecule has 2 aromatic rings. The topological polar surface area (TPSA) is 67.9 Å². The first-order chi connectivity index (χ1) is 10.6. The van der Waals surface area contributed by atoms with Gasteiger partial charge in [-0.2, -0.15) is 0 Å². The second-order valence-corrected chi connectivity index (χ2v) is 5.09. The van der Waals surface area contributed by atoms with Gasteiger partial charge in [0.2, 0.25) is 0 Å². The van der Waals surface area contributed by atoms with Crippen LogP contribution in [0.2, 0.25) is 5.02 Å². The summed E-state index contributed by atoms with van der Waals surface area (Å²) in [6.45, 7) is 0.362. The van der Waals surface area contributed by atoms with Crippen molar-refractivity contribution < 1.29 is 4.92 Å². The molecule has 0 fully saturated rings. The molecule has 2 rings (SSSR count). The number of nitrogens with zero attached hydrogens (tertiary/aromatic N) is 3. The van der Waals surface area contributed by atoms with Crippen molar-refractivity contribution in [1.29, 1.82) is 0 Å². The second kappa shape index (κ2) is 7.78. The molecule has 0 aliphatic heterocycles. The zero-order valence-corrected chi connectivity index (χ0v) is 13.7. The fraction of sp³-hybridized carbons (Fsp3) is 0.0667. The number of hydrogen-bond acceptors (Lipinski definition) is 3. The molecule has 0 bridgehead atoms. The molecule has 0 saturated heterocycles. The minimum absolute atomic E-state index is 0.0557. The van der Waals surface area contributed by atoms with Gasteiger partial charge in [-0.25, -0.2) is 0 Å². The van der Waals surface area contributed by atoms with Crippen LogP contribution >= 0.6 is 11.6 Å². The van der Waals surface area contributed by atoms with Gasteiger partial charge in [-0.1, -0.05) is 0 Å². The van der Waals surface area contributed by atoms with Gasteiger partial charge in [0.25, 0.3) is 0 Å². The summed E-state index contributed by atoms with van der Waals surface area (Å²) in [4.78, 5) is 18.7. The third kappa shape index (κ3) is 4.45. The van der Waals surface area contributed by atoms with Crippen molar-refractivity contribution in [3.8, 4) is 0 Å². The van der Waals surface area contributed by atoms with E-state index in [9.17, 15) is 10.1 Å². The molecule has 2 aromatic carbocycles. The Labute approximate surface area is 139 Å². The number of halogens is 1. The number of nitro groups is 1. The van der Waals surface area contributed by atoms with Crippen molar-refractivity contribution >= 4 is 43.4 Å². The van der Waals surface area contributed by atoms with E-state index in [0.29, 0.717) is 17.4 Å². The first kappa shape index (κ1) is 16.3. The van der Waals surface area contributed by atoms with Crippen molar-refractivity contribution in [3.05, 3.63) is 74.8 Å². The van der Waals surface area contributed by atoms with Gasteiger partial charge >= 0.3 is 140 Å². The Kier molecular flexibility index (Phi) is 5.75. The molecule has 5 nitrogen and oxygen atoms in total. The normalized spacial score (nSPS) is 10.9. The van der Waals surface area contributed by atoms with Crippen molar-refractivity contribution in [2.24, 2.45) is 9.98 Å². The molecule has 0 amide bonds. The standard InChI is InChI=1S/C15H10ClN3O2Se/c16-13-5-3-12(4-6-13)15(18-10-22)17-9-11-1-7-14(8-2-11)19(20)21/h1-8H,9H2. The zero-order valence-electron chi connectivity index (χ0n) is 11.3. The molecule has 0 saturated carbocycles. The average Bonchev–Trinajstić information content (AvgIpc) is 2.53. The van der Waals surface area contributed by atoms with E-state index in [1.54, 1.807) is 24.3 Å². The van der Waals surface area contributed by atoms with Crippen molar-refractivity contribution in [3.63, 3.8) is 0 Å². The molecular formula is C15H10ClN3O2Se. The molecule has 0 atom stereocenters. The SMILES string of the molecule is O=[N+]([O-])c1ccc(CN=C(N=C=[Se])c2ccc(Cl)cc2)cc1. The number of non-ortho nitro benzene ring substituents is 1. The molecule has 0 aromatic heterocycles. The second-order valence-electron chi connectivity index (χ2n) is 4.27. The molecule has 0 aliphatic rings. The molecule has 0 aliphatic carbocycles. The van der Waals surface area contributed by atoms with Crippen molar-refractivity contribution in [2.75, 3.05) is 0 Å². The summed E-state index contributed by atoms with van der Waals surface area (Å²) < 4.78 is 2.59. The van der Waals surface area contributed by atoms with E-state index in [4.69, 9.17) is 11.6 Å². The molecule has 0 spiro atoms. The van der Waals surface area contributed by atoms with Gasteiger partial charge in [0, 0.05) is 0 Å². The third-order valence-electron chi connectivity index (χ3n) is 2.81. The molecule has 110 valence electrons. The minimum atomic E-state index is -0.432. The summed E-state index contributed by atoms with van der Waals surface area (Å²) in [7, 11) is 0. The van der Waals surface area contributed by atoms with Crippen LogP contribution in [0.3, 0.4) is 0 Å². The fourth-order valence-corrected chi connectivity index (χ4v) is 2.03. The Morgan fingerprint density at radius 3 is 2.36 bits per heavy atom. The maximum absolute atomic E-state index is 10.6. The quantitative estimate of drug-likeness (QED) is 0.269. The van der Waals surface area contributed by atoms with E-state index < -0.39 is 4.92 Å². The maximum atomic E-state index is 10.6. The zero-order chi connectivity index (χ0) is 15.9. The number of hydrogen-bond donors (Lipinski definition) is 0. The predicted molar refractivity (Wildman–Crippen MR) is 88.0 cm³/mol. The summed E-state index contributed by atoms with van der Waals surface area (Å²) >= 11 is 8.43. The number of benzene rings is 2. The predicted octanol–water partition coefficient (Wildman–Crippen LogP) is 3.27. The van der Waals surface area contributed by atoms with Crippen LogP contribution < -0.4 is 0 Å². The van der Waals surface area contributed by atoms with Gasteiger partial charge in [-0.15, -0.1) is 0 Å². The van der Waals surface area contributed by atoms with Crippen LogP contribution in [0.25, 0.3) is 0 Å². The Morgan fingerprint density at radius 2 is 1.82 bits per heavy atom. The first-order valence-corrected chi connectivity index (χ1v) is 7.45. The molecular weight excluding hydrogens is 369 g/mol. The van der Waals surface area contributed by atoms with Crippen molar-refractivity contribution in [1.82, 2.24) is 0 Å². The molecule has 0 radical (unpaired) electrons. The Morgan fingerprint density at radius 1 is 1.18 bits per heavy atom. The van der Waals surface area contributed by atoms with Gasteiger partial charge < -0.3 is 0 Å². The van der Waals surface area contributed by atoms with Crippen LogP contribution in [0.1, 0.15) is 11.1 Å². The van der Waals surface area contributed by atoms with Gasteiger partial charge in [-0.05, 0) is 0 Å². The van der Waals surface area contributed by atoms with Crippen LogP contribution in [-0.4, -0.2) is 31.0 Å². The Bertz CT molecular complexity index is 751. The van der Waals surface area contributed by atoms with Crippen LogP contribution in [0.5, 0.6) is 0 Å². The average molecular weight is 379 g/mol. The van der Waals surface area contributed by atoms with Gasteiger partial charge in [0.15, 0.2) is 0 Å². The van der Waals surface area contributed by atoms with E-state index in [1.807, 2.05) is 12.1 Å². The Balaban J connectivity index is 2.21. The summed E-state index contributed by atoms with van der Waals surface area (Å²) in [6, 6.07) is 13.4. The molecule has 0 heterocycles. The van der Waals surface area contributed by atoms with E-state index in [1.165, 1.54) is 12.1 Å². The molecule has 0 unspecified atom stereocenters. The summed E-state index contributed by atoms with van der Waals surface area (Å²) in [5.41, 5.74) is 1.72. The van der Waals surface area contributed by atoms with Crippen LogP contribution in [0.4, 0.5) is 5.69 Å². The molecule has 22 heavy (non-hydrogen) atoms. The first-order valence-electron chi connectivity index (χ1n) is 6.22. The van der Waals surface area contributed by atoms with Gasteiger partial charge in [0.05, 0.1) is 0 Å². The molecule has 7 heteroatoms. The summed E-state index contributed by atoms with van der Waals surface area (Å²) in [6.07, 6.45) is 0. The summed E-state index contributed by atoms with van der Waals surface area (Å²) in [5, 5.41) is 11.3. The van der Waals surface area contributed by atoms with Crippen LogP contribution in [0.15, 0.2) is 58.5 Å². The van der Waals surface area contributed by atoms with E-state index in [-0.39, 0.29) is 5.69 Å². The van der Waals surface area contributed by atoms with Crippen molar-refractivity contribution in [2.45, 2.75) is 6.54 Å². The van der Waals surface area contributed by atoms with E-state index in [2.05, 4.69) is 30.3 Å². The number of rotatable bonds is 4. The van der Waals surface area contributed by atoms with Gasteiger partial charge in [-0.3, -0.25) is 0 Å².